The molecule has 1 aromatic heterocycles. The van der Waals surface area contributed by atoms with Gasteiger partial charge in [0.25, 0.3) is 0 Å². The first-order valence-corrected chi connectivity index (χ1v) is 4.28. The van der Waals surface area contributed by atoms with Crippen LogP contribution >= 0.6 is 12.6 Å². The molecule has 2 rings (SSSR count). The molecule has 0 saturated carbocycles. The predicted molar refractivity (Wildman–Crippen MR) is 48.4 cm³/mol. The van der Waals surface area contributed by atoms with Gasteiger partial charge < -0.3 is 4.57 Å². The molecule has 58 valence electrons. The largest absolute Gasteiger partial charge is 0.331 e. The van der Waals surface area contributed by atoms with E-state index in [2.05, 4.69) is 22.2 Å². The van der Waals surface area contributed by atoms with Crippen LogP contribution in [0.5, 0.6) is 0 Å². The van der Waals surface area contributed by atoms with Crippen molar-refractivity contribution >= 4 is 18.2 Å². The van der Waals surface area contributed by atoms with Crippen molar-refractivity contribution in [3.8, 4) is 0 Å². The van der Waals surface area contributed by atoms with Gasteiger partial charge in [0.2, 0.25) is 0 Å². The van der Waals surface area contributed by atoms with Crippen molar-refractivity contribution in [3.05, 3.63) is 23.6 Å². The molecule has 0 unspecified atom stereocenters. The van der Waals surface area contributed by atoms with E-state index < -0.39 is 0 Å². The predicted octanol–water partition coefficient (Wildman–Crippen LogP) is 1.95. The van der Waals surface area contributed by atoms with E-state index in [-0.39, 0.29) is 0 Å². The van der Waals surface area contributed by atoms with Gasteiger partial charge in [-0.05, 0) is 18.2 Å². The van der Waals surface area contributed by atoms with Crippen LogP contribution < -0.4 is 0 Å². The van der Waals surface area contributed by atoms with E-state index in [1.54, 1.807) is 0 Å². The van der Waals surface area contributed by atoms with Gasteiger partial charge in [-0.3, -0.25) is 0 Å². The molecule has 0 aromatic carbocycles. The van der Waals surface area contributed by atoms with Crippen molar-refractivity contribution in [3.63, 3.8) is 0 Å². The SMILES string of the molecule is S/C=C1\CCCn2ccnc21. The van der Waals surface area contributed by atoms with Crippen molar-refractivity contribution in [2.24, 2.45) is 0 Å². The van der Waals surface area contributed by atoms with E-state index in [0.29, 0.717) is 0 Å². The topological polar surface area (TPSA) is 17.8 Å². The first-order valence-electron chi connectivity index (χ1n) is 3.76. The highest BCUT2D eigenvalue weighted by Gasteiger charge is 2.12. The van der Waals surface area contributed by atoms with Gasteiger partial charge in [0.15, 0.2) is 0 Å². The Kier molecular flexibility index (Phi) is 1.74. The summed E-state index contributed by atoms with van der Waals surface area (Å²) < 4.78 is 2.17. The fraction of sp³-hybridized carbons (Fsp3) is 0.375. The van der Waals surface area contributed by atoms with Crippen LogP contribution in [0.1, 0.15) is 18.7 Å². The number of hydrogen-bond donors (Lipinski definition) is 1. The zero-order chi connectivity index (χ0) is 7.68. The van der Waals surface area contributed by atoms with Crippen LogP contribution in [0.3, 0.4) is 0 Å². The standard InChI is InChI=1S/C8H10N2S/c11-6-7-2-1-4-10-5-3-9-8(7)10/h3,5-6,11H,1-2,4H2/b7-6+. The number of thiol groups is 1. The minimum absolute atomic E-state index is 1.09. The second kappa shape index (κ2) is 2.74. The molecule has 0 aliphatic carbocycles. The molecule has 0 saturated heterocycles. The van der Waals surface area contributed by atoms with Crippen LogP contribution in [0, 0.1) is 0 Å². The fourth-order valence-electron chi connectivity index (χ4n) is 1.45. The number of aromatic nitrogens is 2. The van der Waals surface area contributed by atoms with Crippen LogP contribution in [0.25, 0.3) is 5.57 Å². The third-order valence-corrected chi connectivity index (χ3v) is 2.32. The smallest absolute Gasteiger partial charge is 0.136 e. The minimum atomic E-state index is 1.09. The molecule has 11 heavy (non-hydrogen) atoms. The number of nitrogens with zero attached hydrogens (tertiary/aromatic N) is 2. The highest BCUT2D eigenvalue weighted by molar-refractivity contribution is 7.83. The maximum Gasteiger partial charge on any atom is 0.136 e. The molecule has 0 N–H and O–H groups in total. The second-order valence-electron chi connectivity index (χ2n) is 2.70. The van der Waals surface area contributed by atoms with Gasteiger partial charge in [0.05, 0.1) is 0 Å². The maximum absolute atomic E-state index is 4.25. The van der Waals surface area contributed by atoms with E-state index in [1.165, 1.54) is 12.0 Å². The first kappa shape index (κ1) is 6.98. The summed E-state index contributed by atoms with van der Waals surface area (Å²) in [7, 11) is 0. The van der Waals surface area contributed by atoms with Crippen LogP contribution in [0.2, 0.25) is 0 Å². The van der Waals surface area contributed by atoms with Crippen molar-refractivity contribution in [2.45, 2.75) is 19.4 Å². The normalized spacial score (nSPS) is 20.3. The molecule has 0 radical (unpaired) electrons. The fourth-order valence-corrected chi connectivity index (χ4v) is 1.70. The Morgan fingerprint density at radius 2 is 2.55 bits per heavy atom. The summed E-state index contributed by atoms with van der Waals surface area (Å²) in [5.74, 6) is 1.09. The average molecular weight is 166 g/mol. The monoisotopic (exact) mass is 166 g/mol. The van der Waals surface area contributed by atoms with Gasteiger partial charge >= 0.3 is 0 Å². The Bertz CT molecular complexity index is 288. The van der Waals surface area contributed by atoms with Crippen molar-refractivity contribution in [1.29, 1.82) is 0 Å². The zero-order valence-corrected chi connectivity index (χ0v) is 7.09. The van der Waals surface area contributed by atoms with Crippen LogP contribution in [0.15, 0.2) is 17.8 Å². The number of hydrogen-bond acceptors (Lipinski definition) is 2. The molecular formula is C8H10N2S. The Balaban J connectivity index is 2.48. The highest BCUT2D eigenvalue weighted by Crippen LogP contribution is 2.24. The van der Waals surface area contributed by atoms with E-state index >= 15 is 0 Å². The van der Waals surface area contributed by atoms with Gasteiger partial charge in [-0.15, -0.1) is 0 Å². The van der Waals surface area contributed by atoms with Crippen LogP contribution in [-0.4, -0.2) is 9.55 Å². The Morgan fingerprint density at radius 3 is 3.36 bits per heavy atom. The highest BCUT2D eigenvalue weighted by atomic mass is 32.1. The third kappa shape index (κ3) is 1.09. The molecule has 2 heterocycles. The Hall–Kier alpha value is -0.700. The number of fused-ring (bicyclic) bond motifs is 1. The summed E-state index contributed by atoms with van der Waals surface area (Å²) in [4.78, 5) is 4.25. The number of aryl methyl sites for hydroxylation is 1. The lowest BCUT2D eigenvalue weighted by Gasteiger charge is -2.15. The number of imidazole rings is 1. The zero-order valence-electron chi connectivity index (χ0n) is 6.20. The molecule has 0 spiro atoms. The first-order chi connectivity index (χ1) is 5.42. The van der Waals surface area contributed by atoms with Gasteiger partial charge in [0, 0.05) is 24.5 Å². The van der Waals surface area contributed by atoms with Gasteiger partial charge in [-0.25, -0.2) is 4.98 Å². The molecule has 0 fully saturated rings. The molecule has 3 heteroatoms. The lowest BCUT2D eigenvalue weighted by atomic mass is 10.1. The van der Waals surface area contributed by atoms with E-state index in [1.807, 2.05) is 17.8 Å². The quantitative estimate of drug-likeness (QED) is 0.583. The van der Waals surface area contributed by atoms with Crippen molar-refractivity contribution in [2.75, 3.05) is 0 Å². The second-order valence-corrected chi connectivity index (χ2v) is 2.96. The molecular weight excluding hydrogens is 156 g/mol. The minimum Gasteiger partial charge on any atom is -0.331 e. The summed E-state index contributed by atoms with van der Waals surface area (Å²) in [6.45, 7) is 1.10. The van der Waals surface area contributed by atoms with E-state index in [4.69, 9.17) is 0 Å². The molecule has 2 nitrogen and oxygen atoms in total. The summed E-state index contributed by atoms with van der Waals surface area (Å²) in [6, 6.07) is 0. The molecule has 0 atom stereocenters. The van der Waals surface area contributed by atoms with Crippen LogP contribution in [0.4, 0.5) is 0 Å². The molecule has 0 amide bonds. The van der Waals surface area contributed by atoms with E-state index in [0.717, 1.165) is 18.8 Å². The van der Waals surface area contributed by atoms with Gasteiger partial charge in [-0.1, -0.05) is 0 Å². The van der Waals surface area contributed by atoms with Gasteiger partial charge in [0.1, 0.15) is 5.82 Å². The molecule has 0 bridgehead atoms. The Morgan fingerprint density at radius 1 is 1.64 bits per heavy atom. The van der Waals surface area contributed by atoms with E-state index in [9.17, 15) is 0 Å². The Labute approximate surface area is 71.4 Å². The summed E-state index contributed by atoms with van der Waals surface area (Å²) >= 11 is 4.15. The molecule has 1 aliphatic heterocycles. The summed E-state index contributed by atoms with van der Waals surface area (Å²) in [5.41, 5.74) is 1.25. The lowest BCUT2D eigenvalue weighted by Crippen LogP contribution is -2.08. The maximum atomic E-state index is 4.25. The van der Waals surface area contributed by atoms with Crippen molar-refractivity contribution < 1.29 is 0 Å². The molecule has 1 aliphatic rings. The van der Waals surface area contributed by atoms with Crippen molar-refractivity contribution in [1.82, 2.24) is 9.55 Å². The van der Waals surface area contributed by atoms with Crippen LogP contribution in [-0.2, 0) is 6.54 Å². The number of rotatable bonds is 0. The van der Waals surface area contributed by atoms with Gasteiger partial charge in [-0.2, -0.15) is 12.6 Å². The average Bonchev–Trinajstić information content (AvgIpc) is 2.50. The molecule has 1 aromatic rings. The summed E-state index contributed by atoms with van der Waals surface area (Å²) in [5, 5.41) is 1.86. The summed E-state index contributed by atoms with van der Waals surface area (Å²) in [6.07, 6.45) is 6.18. The lowest BCUT2D eigenvalue weighted by molar-refractivity contribution is 0.613. The third-order valence-electron chi connectivity index (χ3n) is 2.00. The number of allylic oxidation sites excluding steroid dienone is 1.